The van der Waals surface area contributed by atoms with E-state index in [2.05, 4.69) is 155 Å². The van der Waals surface area contributed by atoms with Gasteiger partial charge in [-0.25, -0.2) is 15.0 Å². The van der Waals surface area contributed by atoms with E-state index in [-0.39, 0.29) is 0 Å². The van der Waals surface area contributed by atoms with E-state index >= 15 is 0 Å². The van der Waals surface area contributed by atoms with E-state index in [0.717, 1.165) is 60.8 Å². The minimum absolute atomic E-state index is 0.630. The fourth-order valence-corrected chi connectivity index (χ4v) is 9.67. The molecule has 0 radical (unpaired) electrons. The summed E-state index contributed by atoms with van der Waals surface area (Å²) in [5.74, 6) is 0.630. The number of imidazole rings is 1. The van der Waals surface area contributed by atoms with E-state index in [1.165, 1.54) is 41.7 Å². The van der Waals surface area contributed by atoms with E-state index in [4.69, 9.17) is 15.0 Å². The minimum Gasteiger partial charge on any atom is -0.290 e. The number of nitrogens with zero attached hydrogens (tertiary/aromatic N) is 5. The van der Waals surface area contributed by atoms with Gasteiger partial charge in [-0.1, -0.05) is 121 Å². The maximum atomic E-state index is 5.59. The molecule has 12 rings (SSSR count). The molecule has 0 saturated carbocycles. The first-order chi connectivity index (χ1) is 25.3. The van der Waals surface area contributed by atoms with Crippen LogP contribution in [-0.2, 0) is 0 Å². The maximum Gasteiger partial charge on any atom is 0.235 e. The van der Waals surface area contributed by atoms with Gasteiger partial charge in [0.05, 0.1) is 38.0 Å². The van der Waals surface area contributed by atoms with Crippen LogP contribution in [0.1, 0.15) is 0 Å². The summed E-state index contributed by atoms with van der Waals surface area (Å²) in [6, 6.07) is 53.8. The van der Waals surface area contributed by atoms with Crippen molar-refractivity contribution in [2.75, 3.05) is 0 Å². The van der Waals surface area contributed by atoms with Gasteiger partial charge < -0.3 is 0 Å². The van der Waals surface area contributed by atoms with Crippen LogP contribution in [0.15, 0.2) is 152 Å². The lowest BCUT2D eigenvalue weighted by Crippen LogP contribution is -2.05. The predicted molar refractivity (Wildman–Crippen MR) is 213 cm³/mol. The molecular weight excluding hydrogens is 643 g/mol. The lowest BCUT2D eigenvalue weighted by Gasteiger charge is -2.15. The summed E-state index contributed by atoms with van der Waals surface area (Å²) in [6.45, 7) is 0. The molecule has 0 aliphatic rings. The Morgan fingerprint density at radius 1 is 0.451 bits per heavy atom. The zero-order valence-electron chi connectivity index (χ0n) is 27.1. The van der Waals surface area contributed by atoms with Crippen molar-refractivity contribution in [1.29, 1.82) is 0 Å². The van der Waals surface area contributed by atoms with Crippen molar-refractivity contribution in [2.24, 2.45) is 0 Å². The molecule has 5 heterocycles. The molecule has 0 fully saturated rings. The summed E-state index contributed by atoms with van der Waals surface area (Å²) in [5, 5.41) is 9.55. The molecule has 236 valence electrons. The van der Waals surface area contributed by atoms with Crippen molar-refractivity contribution < 1.29 is 0 Å². The molecule has 0 spiro atoms. The monoisotopic (exact) mass is 667 g/mol. The molecule has 0 aliphatic carbocycles. The summed E-state index contributed by atoms with van der Waals surface area (Å²) in [5.41, 5.74) is 8.86. The van der Waals surface area contributed by atoms with Crippen molar-refractivity contribution in [3.8, 4) is 17.2 Å². The molecule has 5 nitrogen and oxygen atoms in total. The van der Waals surface area contributed by atoms with Crippen LogP contribution in [0.3, 0.4) is 0 Å². The first-order valence-electron chi connectivity index (χ1n) is 17.1. The molecule has 51 heavy (non-hydrogen) atoms. The van der Waals surface area contributed by atoms with Crippen LogP contribution in [0.4, 0.5) is 0 Å². The zero-order valence-corrected chi connectivity index (χ0v) is 27.9. The molecule has 12 aromatic rings. The molecule has 0 bridgehead atoms. The Bertz CT molecular complexity index is 3430. The van der Waals surface area contributed by atoms with Gasteiger partial charge in [0.25, 0.3) is 0 Å². The summed E-state index contributed by atoms with van der Waals surface area (Å²) >= 11 is 1.85. The third kappa shape index (κ3) is 3.56. The van der Waals surface area contributed by atoms with Crippen LogP contribution < -0.4 is 0 Å². The van der Waals surface area contributed by atoms with Gasteiger partial charge in [-0.2, -0.15) is 0 Å². The smallest absolute Gasteiger partial charge is 0.235 e. The molecule has 7 aromatic carbocycles. The van der Waals surface area contributed by atoms with Crippen molar-refractivity contribution >= 4 is 103 Å². The predicted octanol–water partition coefficient (Wildman–Crippen LogP) is 11.9. The highest BCUT2D eigenvalue weighted by Gasteiger charge is 2.25. The Hall–Kier alpha value is -6.63. The fraction of sp³-hybridized carbons (Fsp3) is 0. The summed E-state index contributed by atoms with van der Waals surface area (Å²) in [7, 11) is 0. The Labute approximate surface area is 294 Å². The average molecular weight is 668 g/mol. The van der Waals surface area contributed by atoms with E-state index in [9.17, 15) is 0 Å². The number of pyridine rings is 1. The van der Waals surface area contributed by atoms with E-state index in [1.54, 1.807) is 0 Å². The molecule has 0 aliphatic heterocycles. The number of fused-ring (bicyclic) bond motifs is 18. The Kier molecular flexibility index (Phi) is 5.32. The highest BCUT2D eigenvalue weighted by Crippen LogP contribution is 2.48. The molecule has 0 atom stereocenters. The van der Waals surface area contributed by atoms with Crippen LogP contribution in [0.5, 0.6) is 0 Å². The van der Waals surface area contributed by atoms with Crippen molar-refractivity contribution in [1.82, 2.24) is 23.9 Å². The second-order valence-corrected chi connectivity index (χ2v) is 14.2. The Balaban J connectivity index is 1.35. The second kappa shape index (κ2) is 9.97. The molecule has 0 saturated heterocycles. The van der Waals surface area contributed by atoms with Crippen LogP contribution in [0.2, 0.25) is 0 Å². The standard InChI is InChI=1S/C45H25N5S/c1-2-14-26(15-3-1)40-39-30-19-7-10-22-33(30)49-35-24-12-9-21-32(35)46-44(49)41(39)48-45(47-40)50-34-23-11-6-18-29(34)37-27-16-4-5-17-28(27)38-31-20-8-13-25-36(31)51-43(38)42(37)50/h1-25H. The van der Waals surface area contributed by atoms with Crippen molar-refractivity contribution in [3.63, 3.8) is 0 Å². The van der Waals surface area contributed by atoms with Crippen LogP contribution in [0.25, 0.3) is 108 Å². The molecule has 6 heteroatoms. The quantitative estimate of drug-likeness (QED) is 0.172. The lowest BCUT2D eigenvalue weighted by molar-refractivity contribution is 1.02. The summed E-state index contributed by atoms with van der Waals surface area (Å²) < 4.78 is 7.09. The minimum atomic E-state index is 0.630. The Morgan fingerprint density at radius 2 is 1.06 bits per heavy atom. The van der Waals surface area contributed by atoms with Gasteiger partial charge in [0, 0.05) is 42.6 Å². The Morgan fingerprint density at radius 3 is 1.86 bits per heavy atom. The molecule has 0 unspecified atom stereocenters. The fourth-order valence-electron chi connectivity index (χ4n) is 8.41. The van der Waals surface area contributed by atoms with Crippen molar-refractivity contribution in [3.05, 3.63) is 152 Å². The van der Waals surface area contributed by atoms with Gasteiger partial charge in [0.2, 0.25) is 5.95 Å². The van der Waals surface area contributed by atoms with Gasteiger partial charge >= 0.3 is 0 Å². The zero-order chi connectivity index (χ0) is 33.2. The molecule has 0 N–H and O–H groups in total. The second-order valence-electron chi connectivity index (χ2n) is 13.2. The normalized spacial score (nSPS) is 12.3. The number of hydrogen-bond donors (Lipinski definition) is 0. The maximum absolute atomic E-state index is 5.59. The lowest BCUT2D eigenvalue weighted by atomic mass is 9.99. The van der Waals surface area contributed by atoms with Gasteiger partial charge in [0.1, 0.15) is 5.52 Å². The van der Waals surface area contributed by atoms with Gasteiger partial charge in [0.15, 0.2) is 5.65 Å². The molecular formula is C45H25N5S. The number of rotatable bonds is 2. The molecule has 5 aromatic heterocycles. The number of thiophene rings is 1. The summed E-state index contributed by atoms with van der Waals surface area (Å²) in [6.07, 6.45) is 0. The SMILES string of the molecule is c1ccc(-c2nc(-n3c4ccccc4c4c5ccccc5c5c6ccccc6sc5c43)nc3c2c2ccccc2n2c4ccccc4nc32)cc1. The van der Waals surface area contributed by atoms with E-state index < -0.39 is 0 Å². The first kappa shape index (κ1) is 27.2. The number of aromatic nitrogens is 5. The van der Waals surface area contributed by atoms with Gasteiger partial charge in [-0.15, -0.1) is 11.3 Å². The number of benzene rings is 7. The van der Waals surface area contributed by atoms with Crippen LogP contribution in [0, 0.1) is 0 Å². The molecule has 0 amide bonds. The highest BCUT2D eigenvalue weighted by atomic mass is 32.1. The van der Waals surface area contributed by atoms with Crippen LogP contribution in [-0.4, -0.2) is 23.9 Å². The van der Waals surface area contributed by atoms with Gasteiger partial charge in [-0.3, -0.25) is 8.97 Å². The summed E-state index contributed by atoms with van der Waals surface area (Å²) in [4.78, 5) is 16.4. The largest absolute Gasteiger partial charge is 0.290 e. The van der Waals surface area contributed by atoms with Gasteiger partial charge in [-0.05, 0) is 41.1 Å². The number of hydrogen-bond acceptors (Lipinski definition) is 4. The van der Waals surface area contributed by atoms with E-state index in [0.29, 0.717) is 5.95 Å². The number of para-hydroxylation sites is 4. The topological polar surface area (TPSA) is 48.0 Å². The first-order valence-corrected chi connectivity index (χ1v) is 18.0. The highest BCUT2D eigenvalue weighted by molar-refractivity contribution is 7.27. The third-order valence-electron chi connectivity index (χ3n) is 10.5. The van der Waals surface area contributed by atoms with Crippen molar-refractivity contribution in [2.45, 2.75) is 0 Å². The average Bonchev–Trinajstić information content (AvgIpc) is 3.89. The van der Waals surface area contributed by atoms with E-state index in [1.807, 2.05) is 17.4 Å². The van der Waals surface area contributed by atoms with Crippen LogP contribution >= 0.6 is 11.3 Å². The third-order valence-corrected chi connectivity index (χ3v) is 11.7.